The van der Waals surface area contributed by atoms with Gasteiger partial charge in [0.05, 0.1) is 5.69 Å². The Morgan fingerprint density at radius 3 is 2.68 bits per heavy atom. The molecule has 0 aliphatic heterocycles. The third-order valence-electron chi connectivity index (χ3n) is 5.21. The number of fused-ring (bicyclic) bond motifs is 1. The molecule has 2 aliphatic rings. The minimum atomic E-state index is 0. The van der Waals surface area contributed by atoms with Crippen LogP contribution < -0.4 is 11.1 Å². The Kier molecular flexibility index (Phi) is 5.50. The summed E-state index contributed by atoms with van der Waals surface area (Å²) in [5.41, 5.74) is 8.38. The average molecular weight is 327 g/mol. The van der Waals surface area contributed by atoms with Crippen molar-refractivity contribution in [3.8, 4) is 0 Å². The van der Waals surface area contributed by atoms with E-state index in [2.05, 4.69) is 10.4 Å². The Balaban J connectivity index is 0.00000176. The predicted octanol–water partition coefficient (Wildman–Crippen LogP) is 2.57. The molecule has 6 heteroatoms. The fraction of sp³-hybridized carbons (Fsp3) is 0.750. The van der Waals surface area contributed by atoms with Crippen molar-refractivity contribution in [3.63, 3.8) is 0 Å². The topological polar surface area (TPSA) is 72.9 Å². The number of hydrogen-bond donors (Lipinski definition) is 2. The number of aromatic nitrogens is 2. The number of halogens is 1. The van der Waals surface area contributed by atoms with Crippen LogP contribution in [0, 0.1) is 5.41 Å². The van der Waals surface area contributed by atoms with E-state index in [1.165, 1.54) is 24.8 Å². The number of aryl methyl sites for hydroxylation is 2. The van der Waals surface area contributed by atoms with Gasteiger partial charge in [-0.1, -0.05) is 19.3 Å². The van der Waals surface area contributed by atoms with Crippen molar-refractivity contribution in [2.75, 3.05) is 11.9 Å². The number of hydrogen-bond acceptors (Lipinski definition) is 3. The van der Waals surface area contributed by atoms with Gasteiger partial charge in [-0.2, -0.15) is 5.10 Å². The van der Waals surface area contributed by atoms with Crippen LogP contribution in [0.1, 0.15) is 56.2 Å². The molecule has 0 saturated heterocycles. The van der Waals surface area contributed by atoms with Crippen LogP contribution in [0.2, 0.25) is 0 Å². The van der Waals surface area contributed by atoms with Crippen molar-refractivity contribution in [2.45, 2.75) is 57.8 Å². The first-order valence-corrected chi connectivity index (χ1v) is 8.18. The van der Waals surface area contributed by atoms with Crippen molar-refractivity contribution in [1.82, 2.24) is 9.78 Å². The van der Waals surface area contributed by atoms with Crippen LogP contribution >= 0.6 is 12.4 Å². The molecule has 3 rings (SSSR count). The zero-order valence-corrected chi connectivity index (χ0v) is 14.2. The number of nitrogens with one attached hydrogen (secondary N) is 1. The van der Waals surface area contributed by atoms with Crippen LogP contribution in [0.3, 0.4) is 0 Å². The number of anilines is 1. The van der Waals surface area contributed by atoms with Gasteiger partial charge in [0.15, 0.2) is 0 Å². The first-order valence-electron chi connectivity index (χ1n) is 8.18. The molecule has 0 bridgehead atoms. The van der Waals surface area contributed by atoms with Crippen LogP contribution in [0.5, 0.6) is 0 Å². The molecule has 1 aromatic heterocycles. The Morgan fingerprint density at radius 1 is 1.27 bits per heavy atom. The first-order chi connectivity index (χ1) is 10.1. The zero-order chi connectivity index (χ0) is 14.9. The molecule has 0 aromatic carbocycles. The van der Waals surface area contributed by atoms with Gasteiger partial charge in [0.1, 0.15) is 5.82 Å². The maximum absolute atomic E-state index is 12.5. The van der Waals surface area contributed by atoms with E-state index < -0.39 is 0 Å². The molecule has 1 amide bonds. The molecule has 0 unspecified atom stereocenters. The zero-order valence-electron chi connectivity index (χ0n) is 13.4. The minimum Gasteiger partial charge on any atom is -0.330 e. The smallest absolute Gasteiger partial charge is 0.226 e. The van der Waals surface area contributed by atoms with Crippen LogP contribution in [-0.4, -0.2) is 22.2 Å². The van der Waals surface area contributed by atoms with Crippen LogP contribution in [-0.2, 0) is 24.7 Å². The third kappa shape index (κ3) is 3.30. The van der Waals surface area contributed by atoms with Gasteiger partial charge >= 0.3 is 0 Å². The molecular formula is C16H27ClN4O. The molecule has 1 fully saturated rings. The Labute approximate surface area is 138 Å². The van der Waals surface area contributed by atoms with Gasteiger partial charge in [0.2, 0.25) is 5.91 Å². The standard InChI is InChI=1S/C16H26N4O.ClH/c1-20-15(12-6-5-7-13(12)19-20)18-14(21)10-16(11-17)8-3-2-4-9-16;/h2-11,17H2,1H3,(H,18,21);1H. The first kappa shape index (κ1) is 17.3. The summed E-state index contributed by atoms with van der Waals surface area (Å²) in [6, 6.07) is 0. The molecule has 124 valence electrons. The molecule has 22 heavy (non-hydrogen) atoms. The summed E-state index contributed by atoms with van der Waals surface area (Å²) in [4.78, 5) is 12.5. The van der Waals surface area contributed by atoms with Gasteiger partial charge in [-0.3, -0.25) is 9.48 Å². The largest absolute Gasteiger partial charge is 0.330 e. The lowest BCUT2D eigenvalue weighted by molar-refractivity contribution is -0.118. The summed E-state index contributed by atoms with van der Waals surface area (Å²) in [6.45, 7) is 0.615. The highest BCUT2D eigenvalue weighted by molar-refractivity contribution is 5.91. The molecular weight excluding hydrogens is 300 g/mol. The lowest BCUT2D eigenvalue weighted by Crippen LogP contribution is -2.36. The number of carbonyl (C=O) groups excluding carboxylic acids is 1. The van der Waals surface area contributed by atoms with E-state index in [9.17, 15) is 4.79 Å². The van der Waals surface area contributed by atoms with Gasteiger partial charge in [-0.15, -0.1) is 12.4 Å². The summed E-state index contributed by atoms with van der Waals surface area (Å²) in [5.74, 6) is 0.996. The molecule has 1 saturated carbocycles. The summed E-state index contributed by atoms with van der Waals surface area (Å²) in [7, 11) is 1.91. The highest BCUT2D eigenvalue weighted by Gasteiger charge is 2.33. The van der Waals surface area contributed by atoms with Gasteiger partial charge < -0.3 is 11.1 Å². The number of rotatable bonds is 4. The molecule has 2 aliphatic carbocycles. The van der Waals surface area contributed by atoms with E-state index in [0.717, 1.165) is 43.6 Å². The summed E-state index contributed by atoms with van der Waals surface area (Å²) >= 11 is 0. The fourth-order valence-electron chi connectivity index (χ4n) is 3.95. The van der Waals surface area contributed by atoms with E-state index in [4.69, 9.17) is 5.73 Å². The van der Waals surface area contributed by atoms with Gasteiger partial charge in [0, 0.05) is 19.0 Å². The predicted molar refractivity (Wildman–Crippen MR) is 90.3 cm³/mol. The van der Waals surface area contributed by atoms with E-state index in [0.29, 0.717) is 13.0 Å². The summed E-state index contributed by atoms with van der Waals surface area (Å²) in [5, 5.41) is 7.61. The van der Waals surface area contributed by atoms with Crippen molar-refractivity contribution in [2.24, 2.45) is 18.2 Å². The van der Waals surface area contributed by atoms with Crippen LogP contribution in [0.4, 0.5) is 5.82 Å². The van der Waals surface area contributed by atoms with Crippen LogP contribution in [0.25, 0.3) is 0 Å². The van der Waals surface area contributed by atoms with Crippen molar-refractivity contribution < 1.29 is 4.79 Å². The fourth-order valence-corrected chi connectivity index (χ4v) is 3.95. The van der Waals surface area contributed by atoms with Crippen LogP contribution in [0.15, 0.2) is 0 Å². The lowest BCUT2D eigenvalue weighted by atomic mass is 9.71. The van der Waals surface area contributed by atoms with Gasteiger partial charge in [0.25, 0.3) is 0 Å². The molecule has 3 N–H and O–H groups in total. The normalized spacial score (nSPS) is 19.4. The third-order valence-corrected chi connectivity index (χ3v) is 5.21. The monoisotopic (exact) mass is 326 g/mol. The maximum atomic E-state index is 12.5. The van der Waals surface area contributed by atoms with Crippen molar-refractivity contribution in [1.29, 1.82) is 0 Å². The molecule has 1 heterocycles. The Hall–Kier alpha value is -1.07. The molecule has 1 aromatic rings. The quantitative estimate of drug-likeness (QED) is 0.893. The van der Waals surface area contributed by atoms with Crippen molar-refractivity contribution in [3.05, 3.63) is 11.3 Å². The second kappa shape index (κ2) is 7.01. The number of nitrogens with two attached hydrogens (primary N) is 1. The van der Waals surface area contributed by atoms with Gasteiger partial charge in [-0.25, -0.2) is 0 Å². The number of amides is 1. The highest BCUT2D eigenvalue weighted by atomic mass is 35.5. The SMILES string of the molecule is Cl.Cn1nc2c(c1NC(=O)CC1(CN)CCCCC1)CCC2. The molecule has 0 radical (unpaired) electrons. The van der Waals surface area contributed by atoms with E-state index in [-0.39, 0.29) is 23.7 Å². The second-order valence-corrected chi connectivity index (χ2v) is 6.74. The van der Waals surface area contributed by atoms with Gasteiger partial charge in [-0.05, 0) is 44.1 Å². The highest BCUT2D eigenvalue weighted by Crippen LogP contribution is 2.38. The molecule has 5 nitrogen and oxygen atoms in total. The van der Waals surface area contributed by atoms with E-state index in [1.807, 2.05) is 11.7 Å². The number of nitrogens with zero attached hydrogens (tertiary/aromatic N) is 2. The molecule has 0 atom stereocenters. The summed E-state index contributed by atoms with van der Waals surface area (Å²) < 4.78 is 1.82. The number of carbonyl (C=O) groups is 1. The van der Waals surface area contributed by atoms with E-state index in [1.54, 1.807) is 0 Å². The van der Waals surface area contributed by atoms with Crippen molar-refractivity contribution >= 4 is 24.1 Å². The maximum Gasteiger partial charge on any atom is 0.226 e. The Morgan fingerprint density at radius 2 is 2.00 bits per heavy atom. The average Bonchev–Trinajstić information content (AvgIpc) is 3.03. The second-order valence-electron chi connectivity index (χ2n) is 6.74. The summed E-state index contributed by atoms with van der Waals surface area (Å²) in [6.07, 6.45) is 9.60. The lowest BCUT2D eigenvalue weighted by Gasteiger charge is -2.35. The van der Waals surface area contributed by atoms with E-state index >= 15 is 0 Å². The minimum absolute atomic E-state index is 0. The Bertz CT molecular complexity index is 534. The molecule has 0 spiro atoms.